The van der Waals surface area contributed by atoms with E-state index in [-0.39, 0.29) is 29.4 Å². The van der Waals surface area contributed by atoms with E-state index in [0.717, 1.165) is 30.4 Å². The Morgan fingerprint density at radius 3 is 2.50 bits per heavy atom. The van der Waals surface area contributed by atoms with Gasteiger partial charge >= 0.3 is 0 Å². The van der Waals surface area contributed by atoms with Gasteiger partial charge in [-0.25, -0.2) is 0 Å². The second-order valence-electron chi connectivity index (χ2n) is 4.93. The molecule has 0 spiro atoms. The van der Waals surface area contributed by atoms with Gasteiger partial charge in [0, 0.05) is 36.1 Å². The van der Waals surface area contributed by atoms with Crippen LogP contribution in [0.4, 0.5) is 0 Å². The average molecular weight is 428 g/mol. The molecule has 0 aromatic heterocycles. The molecule has 6 heteroatoms. The van der Waals surface area contributed by atoms with Crippen molar-refractivity contribution in [2.45, 2.75) is 24.7 Å². The topological polar surface area (TPSA) is 36.4 Å². The van der Waals surface area contributed by atoms with Gasteiger partial charge in [0.2, 0.25) is 0 Å². The standard InChI is InChI=1S/C14H19Cl2N3.HI/c1-17-13(18-2)19-9-14(6-3-7-14)11-5-4-10(15)8-12(11)16;/h4-5,8H,3,6-7,9H2,1-2H3,(H2,17,18,19);1H. The molecule has 0 amide bonds. The van der Waals surface area contributed by atoms with Crippen molar-refractivity contribution in [2.24, 2.45) is 4.99 Å². The Morgan fingerprint density at radius 2 is 2.05 bits per heavy atom. The molecule has 1 saturated carbocycles. The van der Waals surface area contributed by atoms with E-state index in [2.05, 4.69) is 15.6 Å². The zero-order chi connectivity index (χ0) is 13.9. The average Bonchev–Trinajstić information content (AvgIpc) is 2.34. The summed E-state index contributed by atoms with van der Waals surface area (Å²) in [6, 6.07) is 5.79. The first kappa shape index (κ1) is 17.9. The molecule has 0 heterocycles. The molecule has 0 atom stereocenters. The van der Waals surface area contributed by atoms with Crippen LogP contribution < -0.4 is 10.6 Å². The first-order chi connectivity index (χ1) is 9.11. The highest BCUT2D eigenvalue weighted by Crippen LogP contribution is 2.46. The van der Waals surface area contributed by atoms with Gasteiger partial charge in [0.15, 0.2) is 5.96 Å². The molecule has 1 aliphatic rings. The Labute approximate surface area is 147 Å². The number of nitrogens with zero attached hydrogens (tertiary/aromatic N) is 1. The number of halogens is 3. The van der Waals surface area contributed by atoms with Gasteiger partial charge in [-0.15, -0.1) is 24.0 Å². The van der Waals surface area contributed by atoms with E-state index in [4.69, 9.17) is 23.2 Å². The van der Waals surface area contributed by atoms with Gasteiger partial charge in [0.05, 0.1) is 0 Å². The molecule has 0 saturated heterocycles. The van der Waals surface area contributed by atoms with Gasteiger partial charge in [-0.2, -0.15) is 0 Å². The molecule has 3 nitrogen and oxygen atoms in total. The number of nitrogens with one attached hydrogen (secondary N) is 2. The van der Waals surface area contributed by atoms with Crippen LogP contribution in [0.25, 0.3) is 0 Å². The molecular formula is C14H20Cl2IN3. The molecule has 2 rings (SSSR count). The summed E-state index contributed by atoms with van der Waals surface area (Å²) in [7, 11) is 3.62. The SMILES string of the molecule is CN=C(NC)NCC1(c2ccc(Cl)cc2Cl)CCC1.I. The third kappa shape index (κ3) is 3.71. The Balaban J connectivity index is 0.00000200. The molecule has 1 aromatic carbocycles. The van der Waals surface area contributed by atoms with Crippen LogP contribution in [0.2, 0.25) is 10.0 Å². The minimum absolute atomic E-state index is 0. The second-order valence-corrected chi connectivity index (χ2v) is 5.78. The quantitative estimate of drug-likeness (QED) is 0.437. The fourth-order valence-electron chi connectivity index (χ4n) is 2.60. The molecule has 0 aliphatic heterocycles. The lowest BCUT2D eigenvalue weighted by atomic mass is 9.64. The molecule has 2 N–H and O–H groups in total. The first-order valence-corrected chi connectivity index (χ1v) is 7.21. The highest BCUT2D eigenvalue weighted by molar-refractivity contribution is 14.0. The van der Waals surface area contributed by atoms with E-state index in [1.807, 2.05) is 25.2 Å². The van der Waals surface area contributed by atoms with E-state index in [9.17, 15) is 0 Å². The molecule has 1 fully saturated rings. The predicted molar refractivity (Wildman–Crippen MR) is 97.8 cm³/mol. The number of hydrogen-bond acceptors (Lipinski definition) is 1. The van der Waals surface area contributed by atoms with Gasteiger partial charge in [-0.3, -0.25) is 4.99 Å². The van der Waals surface area contributed by atoms with Crippen LogP contribution in [0, 0.1) is 0 Å². The number of rotatable bonds is 3. The monoisotopic (exact) mass is 427 g/mol. The lowest BCUT2D eigenvalue weighted by Gasteiger charge is -2.43. The van der Waals surface area contributed by atoms with Crippen LogP contribution in [0.5, 0.6) is 0 Å². The van der Waals surface area contributed by atoms with E-state index >= 15 is 0 Å². The molecule has 0 radical (unpaired) electrons. The van der Waals surface area contributed by atoms with Crippen LogP contribution in [0.3, 0.4) is 0 Å². The van der Waals surface area contributed by atoms with Gasteiger partial charge in [-0.1, -0.05) is 35.7 Å². The summed E-state index contributed by atoms with van der Waals surface area (Å²) in [4.78, 5) is 4.14. The Bertz CT molecular complexity index is 487. The fraction of sp³-hybridized carbons (Fsp3) is 0.500. The van der Waals surface area contributed by atoms with Gasteiger partial charge in [0.25, 0.3) is 0 Å². The van der Waals surface area contributed by atoms with Crippen molar-refractivity contribution >= 4 is 53.1 Å². The van der Waals surface area contributed by atoms with Crippen LogP contribution in [0.15, 0.2) is 23.2 Å². The lowest BCUT2D eigenvalue weighted by Crippen LogP contribution is -2.48. The molecule has 1 aromatic rings. The zero-order valence-corrected chi connectivity index (χ0v) is 15.5. The fourth-order valence-corrected chi connectivity index (χ4v) is 3.21. The Kier molecular flexibility index (Phi) is 6.88. The minimum Gasteiger partial charge on any atom is -0.359 e. The van der Waals surface area contributed by atoms with Crippen LogP contribution in [-0.4, -0.2) is 26.6 Å². The normalized spacial score (nSPS) is 16.9. The Hall–Kier alpha value is -0.200. The third-order valence-corrected chi connectivity index (χ3v) is 4.42. The first-order valence-electron chi connectivity index (χ1n) is 6.45. The van der Waals surface area contributed by atoms with E-state index in [1.54, 1.807) is 7.05 Å². The summed E-state index contributed by atoms with van der Waals surface area (Å²) in [6.07, 6.45) is 3.52. The summed E-state index contributed by atoms with van der Waals surface area (Å²) in [5.41, 5.74) is 1.29. The molecule has 0 unspecified atom stereocenters. The maximum absolute atomic E-state index is 6.35. The Morgan fingerprint density at radius 1 is 1.35 bits per heavy atom. The van der Waals surface area contributed by atoms with Crippen molar-refractivity contribution in [3.63, 3.8) is 0 Å². The van der Waals surface area contributed by atoms with Crippen molar-refractivity contribution in [1.82, 2.24) is 10.6 Å². The van der Waals surface area contributed by atoms with Crippen molar-refractivity contribution in [3.05, 3.63) is 33.8 Å². The smallest absolute Gasteiger partial charge is 0.190 e. The zero-order valence-electron chi connectivity index (χ0n) is 11.7. The largest absolute Gasteiger partial charge is 0.359 e. The van der Waals surface area contributed by atoms with E-state index in [1.165, 1.54) is 12.0 Å². The second kappa shape index (κ2) is 7.71. The number of hydrogen-bond donors (Lipinski definition) is 2. The highest BCUT2D eigenvalue weighted by Gasteiger charge is 2.40. The van der Waals surface area contributed by atoms with Gasteiger partial charge in [0.1, 0.15) is 0 Å². The van der Waals surface area contributed by atoms with E-state index < -0.39 is 0 Å². The lowest BCUT2D eigenvalue weighted by molar-refractivity contribution is 0.244. The van der Waals surface area contributed by atoms with Crippen LogP contribution >= 0.6 is 47.2 Å². The summed E-state index contributed by atoms with van der Waals surface area (Å²) in [5.74, 6) is 0.802. The number of aliphatic imine (C=N–C) groups is 1. The maximum atomic E-state index is 6.35. The van der Waals surface area contributed by atoms with Crippen molar-refractivity contribution in [3.8, 4) is 0 Å². The van der Waals surface area contributed by atoms with Gasteiger partial charge in [-0.05, 0) is 30.5 Å². The summed E-state index contributed by atoms with van der Waals surface area (Å²) in [6.45, 7) is 0.835. The van der Waals surface area contributed by atoms with Crippen LogP contribution in [0.1, 0.15) is 24.8 Å². The molecular weight excluding hydrogens is 408 g/mol. The number of guanidine groups is 1. The summed E-state index contributed by atoms with van der Waals surface area (Å²) >= 11 is 12.3. The van der Waals surface area contributed by atoms with Crippen molar-refractivity contribution in [2.75, 3.05) is 20.6 Å². The highest BCUT2D eigenvalue weighted by atomic mass is 127. The molecule has 0 bridgehead atoms. The molecule has 20 heavy (non-hydrogen) atoms. The van der Waals surface area contributed by atoms with Crippen molar-refractivity contribution in [1.29, 1.82) is 0 Å². The third-order valence-electron chi connectivity index (χ3n) is 3.87. The predicted octanol–water partition coefficient (Wildman–Crippen LogP) is 3.83. The summed E-state index contributed by atoms with van der Waals surface area (Å²) < 4.78 is 0. The van der Waals surface area contributed by atoms with Gasteiger partial charge < -0.3 is 10.6 Å². The van der Waals surface area contributed by atoms with E-state index in [0.29, 0.717) is 5.02 Å². The maximum Gasteiger partial charge on any atom is 0.190 e. The number of benzene rings is 1. The van der Waals surface area contributed by atoms with Crippen LogP contribution in [-0.2, 0) is 5.41 Å². The molecule has 112 valence electrons. The summed E-state index contributed by atoms with van der Waals surface area (Å²) in [5, 5.41) is 7.82. The van der Waals surface area contributed by atoms with Crippen molar-refractivity contribution < 1.29 is 0 Å². The minimum atomic E-state index is 0. The molecule has 1 aliphatic carbocycles.